The number of likely N-dealkylation sites (N-methyl/N-ethyl adjacent to an activating group) is 1. The Labute approximate surface area is 112 Å². The van der Waals surface area contributed by atoms with Crippen molar-refractivity contribution >= 4 is 0 Å². The Bertz CT molecular complexity index is 321. The minimum atomic E-state index is 0.149. The molecule has 0 aliphatic carbocycles. The first kappa shape index (κ1) is 15.2. The largest absolute Gasteiger partial charge is 0.326 e. The Kier molecular flexibility index (Phi) is 6.37. The number of rotatable bonds is 7. The quantitative estimate of drug-likeness (QED) is 0.801. The van der Waals surface area contributed by atoms with Crippen LogP contribution in [0.2, 0.25) is 0 Å². The molecule has 0 aromatic heterocycles. The van der Waals surface area contributed by atoms with Gasteiger partial charge < -0.3 is 5.73 Å². The second-order valence-electron chi connectivity index (χ2n) is 5.32. The molecule has 1 rings (SSSR count). The van der Waals surface area contributed by atoms with Crippen molar-refractivity contribution in [3.8, 4) is 0 Å². The lowest BCUT2D eigenvalue weighted by Crippen LogP contribution is -2.41. The van der Waals surface area contributed by atoms with Crippen molar-refractivity contribution in [2.75, 3.05) is 13.1 Å². The van der Waals surface area contributed by atoms with Crippen LogP contribution in [0.5, 0.6) is 0 Å². The summed E-state index contributed by atoms with van der Waals surface area (Å²) in [6, 6.07) is 11.1. The highest BCUT2D eigenvalue weighted by molar-refractivity contribution is 5.20. The van der Waals surface area contributed by atoms with E-state index in [0.29, 0.717) is 6.04 Å². The lowest BCUT2D eigenvalue weighted by Gasteiger charge is -2.35. The third-order valence-electron chi connectivity index (χ3n) is 3.68. The van der Waals surface area contributed by atoms with E-state index in [1.165, 1.54) is 12.0 Å². The van der Waals surface area contributed by atoms with Gasteiger partial charge in [-0.05, 0) is 24.9 Å². The Balaban J connectivity index is 2.89. The second-order valence-corrected chi connectivity index (χ2v) is 5.32. The number of nitrogens with two attached hydrogens (primary N) is 1. The summed E-state index contributed by atoms with van der Waals surface area (Å²) in [5, 5.41) is 0. The molecule has 3 atom stereocenters. The average Bonchev–Trinajstić information content (AvgIpc) is 2.38. The molecule has 0 spiro atoms. The van der Waals surface area contributed by atoms with E-state index in [1.807, 2.05) is 0 Å². The predicted molar refractivity (Wildman–Crippen MR) is 79.5 cm³/mol. The van der Waals surface area contributed by atoms with Crippen molar-refractivity contribution in [2.45, 2.75) is 46.2 Å². The molecule has 0 bridgehead atoms. The molecule has 2 N–H and O–H groups in total. The van der Waals surface area contributed by atoms with Gasteiger partial charge >= 0.3 is 0 Å². The maximum atomic E-state index is 6.22. The first-order valence-electron chi connectivity index (χ1n) is 7.14. The highest BCUT2D eigenvalue weighted by atomic mass is 15.2. The lowest BCUT2D eigenvalue weighted by molar-refractivity contribution is 0.160. The summed E-state index contributed by atoms with van der Waals surface area (Å²) in [5.41, 5.74) is 7.55. The van der Waals surface area contributed by atoms with Crippen LogP contribution in [0.3, 0.4) is 0 Å². The third-order valence-corrected chi connectivity index (χ3v) is 3.68. The summed E-state index contributed by atoms with van der Waals surface area (Å²) in [5.74, 6) is 0.718. The SMILES string of the molecule is CCC(C)CN(CC)C(c1ccccc1)C(C)N. The molecular weight excluding hydrogens is 220 g/mol. The molecule has 0 fully saturated rings. The lowest BCUT2D eigenvalue weighted by atomic mass is 9.97. The van der Waals surface area contributed by atoms with Crippen LogP contribution in [-0.4, -0.2) is 24.0 Å². The highest BCUT2D eigenvalue weighted by Gasteiger charge is 2.23. The van der Waals surface area contributed by atoms with Gasteiger partial charge in [0.25, 0.3) is 0 Å². The minimum absolute atomic E-state index is 0.149. The monoisotopic (exact) mass is 248 g/mol. The molecule has 1 aromatic carbocycles. The van der Waals surface area contributed by atoms with Crippen LogP contribution in [0.4, 0.5) is 0 Å². The van der Waals surface area contributed by atoms with Crippen molar-refractivity contribution in [1.29, 1.82) is 0 Å². The molecule has 0 radical (unpaired) electrons. The number of nitrogens with zero attached hydrogens (tertiary/aromatic N) is 1. The number of hydrogen-bond donors (Lipinski definition) is 1. The minimum Gasteiger partial charge on any atom is -0.326 e. The smallest absolute Gasteiger partial charge is 0.0496 e. The van der Waals surface area contributed by atoms with Gasteiger partial charge in [-0.1, -0.05) is 57.5 Å². The summed E-state index contributed by atoms with van der Waals surface area (Å²) < 4.78 is 0. The number of hydrogen-bond acceptors (Lipinski definition) is 2. The van der Waals surface area contributed by atoms with Crippen molar-refractivity contribution in [1.82, 2.24) is 4.90 Å². The van der Waals surface area contributed by atoms with Gasteiger partial charge in [-0.15, -0.1) is 0 Å². The van der Waals surface area contributed by atoms with Gasteiger partial charge in [-0.2, -0.15) is 0 Å². The Morgan fingerprint density at radius 3 is 2.17 bits per heavy atom. The third kappa shape index (κ3) is 4.11. The zero-order valence-electron chi connectivity index (χ0n) is 12.3. The topological polar surface area (TPSA) is 29.3 Å². The van der Waals surface area contributed by atoms with Crippen LogP contribution in [0, 0.1) is 5.92 Å². The van der Waals surface area contributed by atoms with Gasteiger partial charge in [0.2, 0.25) is 0 Å². The Morgan fingerprint density at radius 2 is 1.72 bits per heavy atom. The van der Waals surface area contributed by atoms with Crippen LogP contribution < -0.4 is 5.73 Å². The van der Waals surface area contributed by atoms with Crippen LogP contribution in [-0.2, 0) is 0 Å². The van der Waals surface area contributed by atoms with Gasteiger partial charge in [0.1, 0.15) is 0 Å². The van der Waals surface area contributed by atoms with E-state index in [1.54, 1.807) is 0 Å². The fraction of sp³-hybridized carbons (Fsp3) is 0.625. The standard InChI is InChI=1S/C16H28N2/c1-5-13(3)12-18(6-2)16(14(4)17)15-10-8-7-9-11-15/h7-11,13-14,16H,5-6,12,17H2,1-4H3. The summed E-state index contributed by atoms with van der Waals surface area (Å²) >= 11 is 0. The Hall–Kier alpha value is -0.860. The molecule has 0 saturated carbocycles. The van der Waals surface area contributed by atoms with Gasteiger partial charge in [-0.25, -0.2) is 0 Å². The molecular formula is C16H28N2. The summed E-state index contributed by atoms with van der Waals surface area (Å²) in [7, 11) is 0. The van der Waals surface area contributed by atoms with E-state index >= 15 is 0 Å². The van der Waals surface area contributed by atoms with Crippen molar-refractivity contribution in [2.24, 2.45) is 11.7 Å². The van der Waals surface area contributed by atoms with E-state index < -0.39 is 0 Å². The summed E-state index contributed by atoms with van der Waals surface area (Å²) in [6.45, 7) is 11.1. The molecule has 0 saturated heterocycles. The van der Waals surface area contributed by atoms with E-state index in [0.717, 1.165) is 19.0 Å². The molecule has 0 aliphatic rings. The average molecular weight is 248 g/mol. The van der Waals surface area contributed by atoms with E-state index in [-0.39, 0.29) is 6.04 Å². The second kappa shape index (κ2) is 7.55. The van der Waals surface area contributed by atoms with Gasteiger partial charge in [0, 0.05) is 18.6 Å². The molecule has 18 heavy (non-hydrogen) atoms. The maximum Gasteiger partial charge on any atom is 0.0496 e. The zero-order valence-corrected chi connectivity index (χ0v) is 12.3. The summed E-state index contributed by atoms with van der Waals surface area (Å²) in [6.07, 6.45) is 1.22. The first-order valence-corrected chi connectivity index (χ1v) is 7.14. The van der Waals surface area contributed by atoms with E-state index in [4.69, 9.17) is 5.73 Å². The Morgan fingerprint density at radius 1 is 1.11 bits per heavy atom. The predicted octanol–water partition coefficient (Wildman–Crippen LogP) is 3.44. The fourth-order valence-corrected chi connectivity index (χ4v) is 2.47. The molecule has 0 amide bonds. The maximum absolute atomic E-state index is 6.22. The molecule has 1 aromatic rings. The molecule has 2 heteroatoms. The van der Waals surface area contributed by atoms with Gasteiger partial charge in [0.15, 0.2) is 0 Å². The number of benzene rings is 1. The summed E-state index contributed by atoms with van der Waals surface area (Å²) in [4.78, 5) is 2.51. The first-order chi connectivity index (χ1) is 8.60. The van der Waals surface area contributed by atoms with Crippen molar-refractivity contribution in [3.05, 3.63) is 35.9 Å². The fourth-order valence-electron chi connectivity index (χ4n) is 2.47. The molecule has 2 nitrogen and oxygen atoms in total. The molecule has 0 heterocycles. The van der Waals surface area contributed by atoms with Crippen molar-refractivity contribution < 1.29 is 0 Å². The molecule has 3 unspecified atom stereocenters. The van der Waals surface area contributed by atoms with Crippen LogP contribution in [0.15, 0.2) is 30.3 Å². The molecule has 102 valence electrons. The van der Waals surface area contributed by atoms with Gasteiger partial charge in [0.05, 0.1) is 0 Å². The van der Waals surface area contributed by atoms with Crippen molar-refractivity contribution in [3.63, 3.8) is 0 Å². The van der Waals surface area contributed by atoms with Crippen LogP contribution >= 0.6 is 0 Å². The van der Waals surface area contributed by atoms with Crippen LogP contribution in [0.1, 0.15) is 45.7 Å². The van der Waals surface area contributed by atoms with E-state index in [9.17, 15) is 0 Å². The zero-order chi connectivity index (χ0) is 13.5. The van der Waals surface area contributed by atoms with Crippen LogP contribution in [0.25, 0.3) is 0 Å². The van der Waals surface area contributed by atoms with Gasteiger partial charge in [-0.3, -0.25) is 4.90 Å². The normalized spacial score (nSPS) is 16.6. The van der Waals surface area contributed by atoms with E-state index in [2.05, 4.69) is 62.9 Å². The molecule has 0 aliphatic heterocycles. The highest BCUT2D eigenvalue weighted by Crippen LogP contribution is 2.24.